The van der Waals surface area contributed by atoms with Crippen molar-refractivity contribution in [3.8, 4) is 5.75 Å². The van der Waals surface area contributed by atoms with Gasteiger partial charge in [-0.25, -0.2) is 0 Å². The minimum atomic E-state index is 0.112. The van der Waals surface area contributed by atoms with E-state index in [1.54, 1.807) is 7.11 Å². The Balaban J connectivity index is 2.69. The van der Waals surface area contributed by atoms with Gasteiger partial charge in [0.05, 0.1) is 13.7 Å². The number of aryl methyl sites for hydroxylation is 1. The lowest BCUT2D eigenvalue weighted by molar-refractivity contribution is 0.252. The van der Waals surface area contributed by atoms with Crippen LogP contribution in [-0.4, -0.2) is 31.4 Å². The van der Waals surface area contributed by atoms with Crippen molar-refractivity contribution in [1.29, 1.82) is 0 Å². The fourth-order valence-corrected chi connectivity index (χ4v) is 2.09. The van der Waals surface area contributed by atoms with Gasteiger partial charge in [0.15, 0.2) is 0 Å². The monoisotopic (exact) mass is 257 g/mol. The lowest BCUT2D eigenvalue weighted by atomic mass is 10.1. The van der Waals surface area contributed by atoms with Crippen LogP contribution in [0.25, 0.3) is 0 Å². The molecular formula is C13H20ClNO2. The molecule has 0 aliphatic rings. The molecule has 0 bridgehead atoms. The summed E-state index contributed by atoms with van der Waals surface area (Å²) in [4.78, 5) is 0. The molecule has 3 nitrogen and oxygen atoms in total. The highest BCUT2D eigenvalue weighted by atomic mass is 35.5. The van der Waals surface area contributed by atoms with Crippen molar-refractivity contribution in [3.05, 3.63) is 28.3 Å². The van der Waals surface area contributed by atoms with Crippen LogP contribution >= 0.6 is 11.6 Å². The Kier molecular flexibility index (Phi) is 5.75. The highest BCUT2D eigenvalue weighted by Crippen LogP contribution is 2.27. The molecular weight excluding hydrogens is 238 g/mol. The molecule has 0 saturated carbocycles. The standard InChI is InChI=1S/C13H20ClNO2/c1-9-6-12(14)7-11(13(9)17-3)4-5-15-10(2)8-16/h6-7,10,15-16H,4-5,8H2,1-3H3. The van der Waals surface area contributed by atoms with E-state index in [1.807, 2.05) is 26.0 Å². The molecule has 1 aromatic carbocycles. The third-order valence-electron chi connectivity index (χ3n) is 2.68. The van der Waals surface area contributed by atoms with Crippen LogP contribution in [0.2, 0.25) is 5.02 Å². The second kappa shape index (κ2) is 6.84. The maximum Gasteiger partial charge on any atom is 0.125 e. The lowest BCUT2D eigenvalue weighted by Crippen LogP contribution is -2.31. The Morgan fingerprint density at radius 3 is 2.76 bits per heavy atom. The van der Waals surface area contributed by atoms with Gasteiger partial charge in [-0.3, -0.25) is 0 Å². The molecule has 1 rings (SSSR count). The van der Waals surface area contributed by atoms with Crippen molar-refractivity contribution in [1.82, 2.24) is 5.32 Å². The minimum Gasteiger partial charge on any atom is -0.496 e. The second-order valence-electron chi connectivity index (χ2n) is 4.20. The predicted molar refractivity (Wildman–Crippen MR) is 71.0 cm³/mol. The number of methoxy groups -OCH3 is 1. The molecule has 1 atom stereocenters. The van der Waals surface area contributed by atoms with Gasteiger partial charge in [-0.15, -0.1) is 0 Å². The lowest BCUT2D eigenvalue weighted by Gasteiger charge is -2.14. The maximum absolute atomic E-state index is 8.91. The van der Waals surface area contributed by atoms with Gasteiger partial charge in [-0.2, -0.15) is 0 Å². The van der Waals surface area contributed by atoms with Gasteiger partial charge in [0.1, 0.15) is 5.75 Å². The zero-order valence-electron chi connectivity index (χ0n) is 10.6. The van der Waals surface area contributed by atoms with E-state index in [-0.39, 0.29) is 12.6 Å². The van der Waals surface area contributed by atoms with Crippen molar-refractivity contribution in [2.75, 3.05) is 20.3 Å². The van der Waals surface area contributed by atoms with Gasteiger partial charge in [0, 0.05) is 11.1 Å². The molecule has 0 radical (unpaired) electrons. The van der Waals surface area contributed by atoms with Gasteiger partial charge >= 0.3 is 0 Å². The zero-order valence-corrected chi connectivity index (χ0v) is 11.3. The van der Waals surface area contributed by atoms with Crippen LogP contribution in [0.15, 0.2) is 12.1 Å². The zero-order chi connectivity index (χ0) is 12.8. The van der Waals surface area contributed by atoms with E-state index < -0.39 is 0 Å². The Bertz CT molecular complexity index is 369. The number of benzene rings is 1. The number of ether oxygens (including phenoxy) is 1. The fourth-order valence-electron chi connectivity index (χ4n) is 1.79. The molecule has 0 amide bonds. The van der Waals surface area contributed by atoms with Crippen LogP contribution in [0.4, 0.5) is 0 Å². The summed E-state index contributed by atoms with van der Waals surface area (Å²) in [6, 6.07) is 3.94. The Morgan fingerprint density at radius 1 is 1.47 bits per heavy atom. The number of hydrogen-bond acceptors (Lipinski definition) is 3. The van der Waals surface area contributed by atoms with E-state index in [0.29, 0.717) is 0 Å². The van der Waals surface area contributed by atoms with Crippen LogP contribution < -0.4 is 10.1 Å². The Hall–Kier alpha value is -0.770. The van der Waals surface area contributed by atoms with Gasteiger partial charge < -0.3 is 15.2 Å². The Labute approximate surface area is 108 Å². The normalized spacial score (nSPS) is 12.5. The molecule has 0 fully saturated rings. The van der Waals surface area contributed by atoms with E-state index in [0.717, 1.165) is 34.9 Å². The first-order valence-electron chi connectivity index (χ1n) is 5.75. The minimum absolute atomic E-state index is 0.112. The largest absolute Gasteiger partial charge is 0.496 e. The molecule has 2 N–H and O–H groups in total. The van der Waals surface area contributed by atoms with Gasteiger partial charge in [-0.05, 0) is 50.1 Å². The number of nitrogens with one attached hydrogen (secondary N) is 1. The molecule has 1 aromatic rings. The number of aliphatic hydroxyl groups excluding tert-OH is 1. The van der Waals surface area contributed by atoms with Crippen molar-refractivity contribution >= 4 is 11.6 Å². The SMILES string of the molecule is COc1c(C)cc(Cl)cc1CCNC(C)CO. The second-order valence-corrected chi connectivity index (χ2v) is 4.64. The van der Waals surface area contributed by atoms with E-state index in [4.69, 9.17) is 21.4 Å². The molecule has 0 aliphatic carbocycles. The molecule has 0 aromatic heterocycles. The average Bonchev–Trinajstić information content (AvgIpc) is 2.28. The van der Waals surface area contributed by atoms with Crippen molar-refractivity contribution in [3.63, 3.8) is 0 Å². The van der Waals surface area contributed by atoms with Crippen molar-refractivity contribution in [2.45, 2.75) is 26.3 Å². The van der Waals surface area contributed by atoms with Crippen LogP contribution in [-0.2, 0) is 6.42 Å². The summed E-state index contributed by atoms with van der Waals surface area (Å²) in [7, 11) is 1.67. The molecule has 0 heterocycles. The van der Waals surface area contributed by atoms with Gasteiger partial charge in [0.2, 0.25) is 0 Å². The van der Waals surface area contributed by atoms with Crippen molar-refractivity contribution in [2.24, 2.45) is 0 Å². The fraction of sp³-hybridized carbons (Fsp3) is 0.538. The topological polar surface area (TPSA) is 41.5 Å². The summed E-state index contributed by atoms with van der Waals surface area (Å²) in [5.74, 6) is 0.896. The average molecular weight is 258 g/mol. The highest BCUT2D eigenvalue weighted by Gasteiger charge is 2.08. The molecule has 1 unspecified atom stereocenters. The smallest absolute Gasteiger partial charge is 0.125 e. The van der Waals surface area contributed by atoms with E-state index in [9.17, 15) is 0 Å². The third kappa shape index (κ3) is 4.19. The number of rotatable bonds is 6. The first-order valence-corrected chi connectivity index (χ1v) is 6.13. The first-order chi connectivity index (χ1) is 8.08. The predicted octanol–water partition coefficient (Wildman–Crippen LogP) is 2.17. The molecule has 17 heavy (non-hydrogen) atoms. The quantitative estimate of drug-likeness (QED) is 0.821. The first kappa shape index (κ1) is 14.3. The van der Waals surface area contributed by atoms with Crippen LogP contribution in [0.3, 0.4) is 0 Å². The van der Waals surface area contributed by atoms with Crippen LogP contribution in [0.5, 0.6) is 5.75 Å². The molecule has 4 heteroatoms. The molecule has 96 valence electrons. The van der Waals surface area contributed by atoms with E-state index in [1.165, 1.54) is 0 Å². The number of aliphatic hydroxyl groups is 1. The number of halogens is 1. The van der Waals surface area contributed by atoms with Crippen LogP contribution in [0, 0.1) is 6.92 Å². The third-order valence-corrected chi connectivity index (χ3v) is 2.90. The Morgan fingerprint density at radius 2 is 2.18 bits per heavy atom. The summed E-state index contributed by atoms with van der Waals surface area (Å²) in [5, 5.41) is 12.9. The van der Waals surface area contributed by atoms with E-state index in [2.05, 4.69) is 5.32 Å². The van der Waals surface area contributed by atoms with Gasteiger partial charge in [0.25, 0.3) is 0 Å². The number of hydrogen-bond donors (Lipinski definition) is 2. The van der Waals surface area contributed by atoms with Crippen LogP contribution in [0.1, 0.15) is 18.1 Å². The molecule has 0 aliphatic heterocycles. The molecule has 0 spiro atoms. The summed E-state index contributed by atoms with van der Waals surface area (Å²) in [6.07, 6.45) is 0.828. The highest BCUT2D eigenvalue weighted by molar-refractivity contribution is 6.30. The van der Waals surface area contributed by atoms with E-state index >= 15 is 0 Å². The summed E-state index contributed by atoms with van der Waals surface area (Å²) >= 11 is 6.03. The van der Waals surface area contributed by atoms with Gasteiger partial charge in [-0.1, -0.05) is 11.6 Å². The summed E-state index contributed by atoms with van der Waals surface area (Å²) in [6.45, 7) is 4.86. The summed E-state index contributed by atoms with van der Waals surface area (Å²) < 4.78 is 5.38. The van der Waals surface area contributed by atoms with Crippen molar-refractivity contribution < 1.29 is 9.84 Å². The summed E-state index contributed by atoms with van der Waals surface area (Å²) in [5.41, 5.74) is 2.14. The molecule has 0 saturated heterocycles. The maximum atomic E-state index is 8.91.